The second kappa shape index (κ2) is 10.3. The number of imide groups is 1. The minimum absolute atomic E-state index is 0.00654. The Morgan fingerprint density at radius 3 is 2.64 bits per heavy atom. The third-order valence-electron chi connectivity index (χ3n) is 6.81. The maximum Gasteiger partial charge on any atom is 0.240 e. The largest absolute Gasteiger partial charge is 0.383 e. The number of hydrogen-bond acceptors (Lipinski definition) is 5. The molecule has 0 unspecified atom stereocenters. The predicted molar refractivity (Wildman–Crippen MR) is 123 cm³/mol. The fraction of sp³-hybridized carbons (Fsp3) is 0.462. The van der Waals surface area contributed by atoms with Crippen molar-refractivity contribution in [2.75, 3.05) is 26.8 Å². The molecule has 1 aromatic heterocycles. The molecule has 4 rings (SSSR count). The lowest BCUT2D eigenvalue weighted by molar-refractivity contribution is -0.144. The van der Waals surface area contributed by atoms with Crippen molar-refractivity contribution < 1.29 is 19.1 Å². The molecule has 0 spiro atoms. The summed E-state index contributed by atoms with van der Waals surface area (Å²) in [5, 5.41) is 0. The van der Waals surface area contributed by atoms with Gasteiger partial charge < -0.3 is 9.64 Å². The zero-order valence-corrected chi connectivity index (χ0v) is 19.1. The number of amides is 3. The lowest BCUT2D eigenvalue weighted by Crippen LogP contribution is -2.49. The SMILES string of the molecule is COC[C@H]1CCCCN1C(=O)C[C@]1(c2ccccc2)CC(=O)N(CCc2ccccn2)C1=O. The Bertz CT molecular complexity index is 980. The van der Waals surface area contributed by atoms with Gasteiger partial charge in [-0.1, -0.05) is 36.4 Å². The summed E-state index contributed by atoms with van der Waals surface area (Å²) in [4.78, 5) is 47.8. The highest BCUT2D eigenvalue weighted by Crippen LogP contribution is 2.40. The first kappa shape index (κ1) is 23.1. The van der Waals surface area contributed by atoms with Gasteiger partial charge in [0.15, 0.2) is 0 Å². The standard InChI is InChI=1S/C26H31N3O4/c1-33-19-22-12-6-8-15-28(22)23(30)17-26(20-9-3-2-4-10-20)18-24(31)29(25(26)32)16-13-21-11-5-7-14-27-21/h2-5,7,9-11,14,22H,6,8,12-13,15-19H2,1H3/t22-,26-/m1/s1. The van der Waals surface area contributed by atoms with Crippen molar-refractivity contribution in [3.05, 3.63) is 66.0 Å². The van der Waals surface area contributed by atoms with E-state index in [2.05, 4.69) is 4.98 Å². The molecule has 33 heavy (non-hydrogen) atoms. The molecule has 0 N–H and O–H groups in total. The van der Waals surface area contributed by atoms with E-state index in [1.165, 1.54) is 4.90 Å². The second-order valence-corrected chi connectivity index (χ2v) is 8.92. The van der Waals surface area contributed by atoms with Crippen molar-refractivity contribution in [2.45, 2.75) is 50.0 Å². The van der Waals surface area contributed by atoms with Gasteiger partial charge in [0.1, 0.15) is 0 Å². The molecule has 2 aromatic rings. The number of rotatable bonds is 8. The van der Waals surface area contributed by atoms with Crippen LogP contribution >= 0.6 is 0 Å². The number of carbonyl (C=O) groups excluding carboxylic acids is 3. The molecule has 2 aliphatic rings. The molecule has 3 amide bonds. The van der Waals surface area contributed by atoms with Crippen LogP contribution in [0.25, 0.3) is 0 Å². The van der Waals surface area contributed by atoms with E-state index in [9.17, 15) is 14.4 Å². The summed E-state index contributed by atoms with van der Waals surface area (Å²) in [6.45, 7) is 1.39. The molecule has 0 aliphatic carbocycles. The molecular formula is C26H31N3O4. The monoisotopic (exact) mass is 449 g/mol. The summed E-state index contributed by atoms with van der Waals surface area (Å²) in [6.07, 6.45) is 5.06. The highest BCUT2D eigenvalue weighted by molar-refractivity contribution is 6.10. The van der Waals surface area contributed by atoms with Crippen molar-refractivity contribution in [1.29, 1.82) is 0 Å². The van der Waals surface area contributed by atoms with Crippen molar-refractivity contribution in [1.82, 2.24) is 14.8 Å². The van der Waals surface area contributed by atoms with E-state index < -0.39 is 5.41 Å². The van der Waals surface area contributed by atoms with E-state index in [0.29, 0.717) is 19.6 Å². The molecule has 1 aromatic carbocycles. The Balaban J connectivity index is 1.59. The van der Waals surface area contributed by atoms with E-state index >= 15 is 0 Å². The number of likely N-dealkylation sites (tertiary alicyclic amines) is 2. The smallest absolute Gasteiger partial charge is 0.240 e. The van der Waals surface area contributed by atoms with E-state index in [4.69, 9.17) is 4.74 Å². The van der Waals surface area contributed by atoms with Crippen LogP contribution in [-0.2, 0) is 31.0 Å². The van der Waals surface area contributed by atoms with Crippen LogP contribution in [0.1, 0.15) is 43.4 Å². The molecule has 0 bridgehead atoms. The van der Waals surface area contributed by atoms with Gasteiger partial charge in [0, 0.05) is 51.4 Å². The van der Waals surface area contributed by atoms with Gasteiger partial charge in [-0.2, -0.15) is 0 Å². The van der Waals surface area contributed by atoms with E-state index in [1.54, 1.807) is 13.3 Å². The number of ether oxygens (including phenoxy) is 1. The summed E-state index contributed by atoms with van der Waals surface area (Å²) in [6, 6.07) is 14.9. The molecule has 0 radical (unpaired) electrons. The molecule has 7 heteroatoms. The van der Waals surface area contributed by atoms with Crippen LogP contribution in [0.4, 0.5) is 0 Å². The molecule has 2 fully saturated rings. The van der Waals surface area contributed by atoms with Crippen LogP contribution in [0.3, 0.4) is 0 Å². The van der Waals surface area contributed by atoms with E-state index in [0.717, 1.165) is 30.5 Å². The number of pyridine rings is 1. The Kier molecular flexibility index (Phi) is 7.18. The fourth-order valence-corrected chi connectivity index (χ4v) is 5.08. The number of carbonyl (C=O) groups is 3. The van der Waals surface area contributed by atoms with Crippen LogP contribution in [0.2, 0.25) is 0 Å². The summed E-state index contributed by atoms with van der Waals surface area (Å²) in [5.41, 5.74) is 0.369. The number of aromatic nitrogens is 1. The molecule has 2 aliphatic heterocycles. The highest BCUT2D eigenvalue weighted by Gasteiger charge is 2.54. The maximum absolute atomic E-state index is 13.8. The molecule has 7 nitrogen and oxygen atoms in total. The van der Waals surface area contributed by atoms with Crippen LogP contribution in [0.15, 0.2) is 54.7 Å². The molecular weight excluding hydrogens is 418 g/mol. The normalized spacial score (nSPS) is 23.2. The number of hydrogen-bond donors (Lipinski definition) is 0. The van der Waals surface area contributed by atoms with Gasteiger partial charge in [-0.05, 0) is 37.0 Å². The zero-order valence-electron chi connectivity index (χ0n) is 19.1. The number of nitrogens with zero attached hydrogens (tertiary/aromatic N) is 3. The predicted octanol–water partition coefficient (Wildman–Crippen LogP) is 2.74. The Hall–Kier alpha value is -3.06. The van der Waals surface area contributed by atoms with E-state index in [1.807, 2.05) is 53.4 Å². The topological polar surface area (TPSA) is 79.8 Å². The van der Waals surface area contributed by atoms with Gasteiger partial charge in [0.05, 0.1) is 18.1 Å². The van der Waals surface area contributed by atoms with Crippen LogP contribution in [0, 0.1) is 0 Å². The quantitative estimate of drug-likeness (QED) is 0.579. The van der Waals surface area contributed by atoms with Gasteiger partial charge >= 0.3 is 0 Å². The number of benzene rings is 1. The molecule has 3 heterocycles. The van der Waals surface area contributed by atoms with Gasteiger partial charge in [-0.15, -0.1) is 0 Å². The fourth-order valence-electron chi connectivity index (χ4n) is 5.08. The second-order valence-electron chi connectivity index (χ2n) is 8.92. The summed E-state index contributed by atoms with van der Waals surface area (Å²) >= 11 is 0. The lowest BCUT2D eigenvalue weighted by Gasteiger charge is -2.37. The molecule has 0 saturated carbocycles. The molecule has 2 atom stereocenters. The third kappa shape index (κ3) is 4.83. The van der Waals surface area contributed by atoms with Gasteiger partial charge in [-0.3, -0.25) is 24.3 Å². The van der Waals surface area contributed by atoms with E-state index in [-0.39, 0.29) is 43.1 Å². The average molecular weight is 450 g/mol. The lowest BCUT2D eigenvalue weighted by atomic mass is 9.75. The van der Waals surface area contributed by atoms with Gasteiger partial charge in [0.2, 0.25) is 17.7 Å². The van der Waals surface area contributed by atoms with Crippen LogP contribution in [-0.4, -0.2) is 65.4 Å². The first-order valence-corrected chi connectivity index (χ1v) is 11.6. The van der Waals surface area contributed by atoms with Crippen molar-refractivity contribution in [2.24, 2.45) is 0 Å². The minimum atomic E-state index is -1.17. The summed E-state index contributed by atoms with van der Waals surface area (Å²) in [5.74, 6) is -0.615. The van der Waals surface area contributed by atoms with Crippen molar-refractivity contribution in [3.8, 4) is 0 Å². The first-order valence-electron chi connectivity index (χ1n) is 11.6. The van der Waals surface area contributed by atoms with Crippen molar-refractivity contribution in [3.63, 3.8) is 0 Å². The summed E-state index contributed by atoms with van der Waals surface area (Å²) < 4.78 is 5.34. The van der Waals surface area contributed by atoms with Gasteiger partial charge in [0.25, 0.3) is 0 Å². The Morgan fingerprint density at radius 2 is 1.91 bits per heavy atom. The minimum Gasteiger partial charge on any atom is -0.383 e. The molecule has 2 saturated heterocycles. The van der Waals surface area contributed by atoms with Crippen molar-refractivity contribution >= 4 is 17.7 Å². The first-order chi connectivity index (χ1) is 16.0. The zero-order chi connectivity index (χ0) is 23.3. The number of methoxy groups -OCH3 is 1. The van der Waals surface area contributed by atoms with Crippen LogP contribution in [0.5, 0.6) is 0 Å². The highest BCUT2D eigenvalue weighted by atomic mass is 16.5. The van der Waals surface area contributed by atoms with Crippen LogP contribution < -0.4 is 0 Å². The third-order valence-corrected chi connectivity index (χ3v) is 6.81. The Morgan fingerprint density at radius 1 is 1.12 bits per heavy atom. The summed E-state index contributed by atoms with van der Waals surface area (Å²) in [7, 11) is 1.64. The maximum atomic E-state index is 13.8. The number of piperidine rings is 1. The average Bonchev–Trinajstić information content (AvgIpc) is 3.09. The Labute approximate surface area is 194 Å². The van der Waals surface area contributed by atoms with Gasteiger partial charge in [-0.25, -0.2) is 0 Å². The molecule has 174 valence electrons.